The molecule has 2 heteroatoms. The molecule has 0 bridgehead atoms. The summed E-state index contributed by atoms with van der Waals surface area (Å²) in [5, 5.41) is 0. The molecule has 0 N–H and O–H groups in total. The van der Waals surface area contributed by atoms with Gasteiger partial charge >= 0.3 is 0 Å². The van der Waals surface area contributed by atoms with Crippen molar-refractivity contribution in [2.45, 2.75) is 26.2 Å². The fourth-order valence-electron chi connectivity index (χ4n) is 1.21. The van der Waals surface area contributed by atoms with Crippen LogP contribution < -0.4 is 0 Å². The van der Waals surface area contributed by atoms with Gasteiger partial charge in [-0.3, -0.25) is 0 Å². The van der Waals surface area contributed by atoms with E-state index in [1.807, 2.05) is 6.07 Å². The molecule has 0 aliphatic heterocycles. The molecule has 0 aromatic heterocycles. The first-order valence-electron chi connectivity index (χ1n) is 3.87. The monoisotopic (exact) mass is 290 g/mol. The first-order chi connectivity index (χ1) is 5.43. The molecule has 0 aliphatic rings. The molecule has 0 spiro atoms. The second kappa shape index (κ2) is 3.51. The molecule has 1 aromatic rings. The number of halogens is 2. The molecule has 0 radical (unpaired) electrons. The maximum absolute atomic E-state index is 3.55. The van der Waals surface area contributed by atoms with Crippen molar-refractivity contribution in [3.63, 3.8) is 0 Å². The van der Waals surface area contributed by atoms with Crippen LogP contribution in [0, 0.1) is 0 Å². The molecule has 0 nitrogen and oxygen atoms in total. The Morgan fingerprint density at radius 2 is 1.42 bits per heavy atom. The molecule has 0 aliphatic carbocycles. The van der Waals surface area contributed by atoms with Crippen LogP contribution in [0.5, 0.6) is 0 Å². The molecule has 0 atom stereocenters. The van der Waals surface area contributed by atoms with Crippen molar-refractivity contribution < 1.29 is 0 Å². The summed E-state index contributed by atoms with van der Waals surface area (Å²) < 4.78 is 2.34. The van der Waals surface area contributed by atoms with Crippen molar-refractivity contribution in [2.24, 2.45) is 0 Å². The van der Waals surface area contributed by atoms with Gasteiger partial charge in [0.1, 0.15) is 0 Å². The highest BCUT2D eigenvalue weighted by Gasteiger charge is 2.19. The van der Waals surface area contributed by atoms with Crippen molar-refractivity contribution in [1.82, 2.24) is 0 Å². The van der Waals surface area contributed by atoms with E-state index in [4.69, 9.17) is 0 Å². The maximum atomic E-state index is 3.55. The van der Waals surface area contributed by atoms with E-state index in [1.54, 1.807) is 0 Å². The average Bonchev–Trinajstić information content (AvgIpc) is 1.82. The Morgan fingerprint density at radius 3 is 1.67 bits per heavy atom. The third-order valence-electron chi connectivity index (χ3n) is 1.71. The molecule has 1 aromatic carbocycles. The van der Waals surface area contributed by atoms with Gasteiger partial charge in [-0.2, -0.15) is 0 Å². The van der Waals surface area contributed by atoms with Crippen LogP contribution in [0.1, 0.15) is 26.3 Å². The molecule has 0 saturated carbocycles. The van der Waals surface area contributed by atoms with Crippen molar-refractivity contribution in [1.29, 1.82) is 0 Å². The second-order valence-electron chi connectivity index (χ2n) is 3.85. The van der Waals surface area contributed by atoms with Crippen LogP contribution in [0.25, 0.3) is 0 Å². The van der Waals surface area contributed by atoms with Gasteiger partial charge in [0.15, 0.2) is 0 Å². The van der Waals surface area contributed by atoms with Crippen LogP contribution in [0.4, 0.5) is 0 Å². The van der Waals surface area contributed by atoms with Crippen LogP contribution in [0.3, 0.4) is 0 Å². The minimum Gasteiger partial charge on any atom is -0.0600 e. The fourth-order valence-corrected chi connectivity index (χ4v) is 3.40. The molecule has 0 heterocycles. The Morgan fingerprint density at radius 1 is 1.00 bits per heavy atom. The summed E-state index contributed by atoms with van der Waals surface area (Å²) in [5.74, 6) is 0. The minimum absolute atomic E-state index is 0.179. The zero-order valence-electron chi connectivity index (χ0n) is 7.49. The number of hydrogen-bond acceptors (Lipinski definition) is 0. The Bertz CT molecular complexity index is 264. The average molecular weight is 292 g/mol. The molecular weight excluding hydrogens is 280 g/mol. The lowest BCUT2D eigenvalue weighted by Crippen LogP contribution is -2.12. The van der Waals surface area contributed by atoms with Gasteiger partial charge < -0.3 is 0 Å². The van der Waals surface area contributed by atoms with Crippen LogP contribution >= 0.6 is 31.9 Å². The zero-order chi connectivity index (χ0) is 9.35. The van der Waals surface area contributed by atoms with Gasteiger partial charge in [0.25, 0.3) is 0 Å². The van der Waals surface area contributed by atoms with Gasteiger partial charge in [-0.15, -0.1) is 0 Å². The van der Waals surface area contributed by atoms with E-state index in [-0.39, 0.29) is 5.41 Å². The summed E-state index contributed by atoms with van der Waals surface area (Å²) >= 11 is 7.11. The highest BCUT2D eigenvalue weighted by Crippen LogP contribution is 2.35. The first-order valence-corrected chi connectivity index (χ1v) is 5.46. The third-order valence-corrected chi connectivity index (χ3v) is 3.03. The minimum atomic E-state index is 0.179. The number of rotatable bonds is 0. The summed E-state index contributed by atoms with van der Waals surface area (Å²) in [6.45, 7) is 6.62. The molecule has 0 fully saturated rings. The molecule has 66 valence electrons. The first kappa shape index (κ1) is 10.3. The van der Waals surface area contributed by atoms with E-state index in [1.165, 1.54) is 14.5 Å². The Labute approximate surface area is 90.6 Å². The van der Waals surface area contributed by atoms with Gasteiger partial charge in [0.05, 0.1) is 0 Å². The second-order valence-corrected chi connectivity index (χ2v) is 5.56. The standard InChI is InChI=1S/C10H12Br2/c1-10(2,3)9-7(11)5-4-6-8(9)12/h4-6H,1-3H3. The van der Waals surface area contributed by atoms with E-state index >= 15 is 0 Å². The van der Waals surface area contributed by atoms with Gasteiger partial charge in [-0.05, 0) is 23.1 Å². The summed E-state index contributed by atoms with van der Waals surface area (Å²) in [6, 6.07) is 6.18. The fraction of sp³-hybridized carbons (Fsp3) is 0.400. The predicted octanol–water partition coefficient (Wildman–Crippen LogP) is 4.51. The molecule has 0 saturated heterocycles. The van der Waals surface area contributed by atoms with Gasteiger partial charge in [-0.1, -0.05) is 58.7 Å². The molecule has 0 amide bonds. The number of hydrogen-bond donors (Lipinski definition) is 0. The lowest BCUT2D eigenvalue weighted by molar-refractivity contribution is 0.584. The number of benzene rings is 1. The molecule has 1 rings (SSSR count). The third kappa shape index (κ3) is 2.11. The van der Waals surface area contributed by atoms with Crippen LogP contribution in [0.15, 0.2) is 27.1 Å². The predicted molar refractivity (Wildman–Crippen MR) is 60.5 cm³/mol. The van der Waals surface area contributed by atoms with E-state index < -0.39 is 0 Å². The van der Waals surface area contributed by atoms with E-state index in [0.29, 0.717) is 0 Å². The Balaban J connectivity index is 3.31. The Kier molecular flexibility index (Phi) is 3.00. The summed E-state index contributed by atoms with van der Waals surface area (Å²) in [7, 11) is 0. The van der Waals surface area contributed by atoms with Crippen molar-refractivity contribution in [3.8, 4) is 0 Å². The zero-order valence-corrected chi connectivity index (χ0v) is 10.7. The summed E-state index contributed by atoms with van der Waals surface area (Å²) in [4.78, 5) is 0. The van der Waals surface area contributed by atoms with Gasteiger partial charge in [0.2, 0.25) is 0 Å². The van der Waals surface area contributed by atoms with Gasteiger partial charge in [0, 0.05) is 8.95 Å². The lowest BCUT2D eigenvalue weighted by Gasteiger charge is -2.22. The van der Waals surface area contributed by atoms with Crippen molar-refractivity contribution in [3.05, 3.63) is 32.7 Å². The van der Waals surface area contributed by atoms with Crippen LogP contribution in [-0.4, -0.2) is 0 Å². The summed E-state index contributed by atoms with van der Waals surface area (Å²) in [6.07, 6.45) is 0. The maximum Gasteiger partial charge on any atom is 0.0223 e. The van der Waals surface area contributed by atoms with Crippen molar-refractivity contribution in [2.75, 3.05) is 0 Å². The van der Waals surface area contributed by atoms with Crippen LogP contribution in [-0.2, 0) is 5.41 Å². The highest BCUT2D eigenvalue weighted by molar-refractivity contribution is 9.11. The molecule has 0 unspecified atom stereocenters. The quantitative estimate of drug-likeness (QED) is 0.660. The topological polar surface area (TPSA) is 0 Å². The van der Waals surface area contributed by atoms with Crippen molar-refractivity contribution >= 4 is 31.9 Å². The largest absolute Gasteiger partial charge is 0.0600 e. The molecule has 12 heavy (non-hydrogen) atoms. The van der Waals surface area contributed by atoms with Crippen LogP contribution in [0.2, 0.25) is 0 Å². The Hall–Kier alpha value is 0.180. The highest BCUT2D eigenvalue weighted by atomic mass is 79.9. The summed E-state index contributed by atoms with van der Waals surface area (Å²) in [5.41, 5.74) is 1.50. The molecular formula is C10H12Br2. The van der Waals surface area contributed by atoms with E-state index in [0.717, 1.165) is 0 Å². The van der Waals surface area contributed by atoms with E-state index in [9.17, 15) is 0 Å². The van der Waals surface area contributed by atoms with E-state index in [2.05, 4.69) is 64.8 Å². The normalized spacial score (nSPS) is 11.8. The smallest absolute Gasteiger partial charge is 0.0223 e. The lowest BCUT2D eigenvalue weighted by atomic mass is 9.87. The van der Waals surface area contributed by atoms with Gasteiger partial charge in [-0.25, -0.2) is 0 Å². The SMILES string of the molecule is CC(C)(C)c1c(Br)cccc1Br.